The minimum absolute atomic E-state index is 0.0730. The van der Waals surface area contributed by atoms with Gasteiger partial charge in [0, 0.05) is 29.6 Å². The highest BCUT2D eigenvalue weighted by molar-refractivity contribution is 5.96. The molecule has 1 aromatic heterocycles. The van der Waals surface area contributed by atoms with Crippen LogP contribution >= 0.6 is 0 Å². The lowest BCUT2D eigenvalue weighted by Gasteiger charge is -2.24. The Balaban J connectivity index is 2.17. The number of rotatable bonds is 8. The van der Waals surface area contributed by atoms with E-state index in [2.05, 4.69) is 10.3 Å². The highest BCUT2D eigenvalue weighted by Gasteiger charge is 2.22. The van der Waals surface area contributed by atoms with Crippen molar-refractivity contribution in [3.63, 3.8) is 0 Å². The van der Waals surface area contributed by atoms with Gasteiger partial charge in [0.1, 0.15) is 23.8 Å². The van der Waals surface area contributed by atoms with Crippen molar-refractivity contribution in [1.29, 1.82) is 0 Å². The summed E-state index contributed by atoms with van der Waals surface area (Å²) in [5.41, 5.74) is 0.292. The second kappa shape index (κ2) is 10.4. The number of aromatic nitrogens is 1. The fraction of sp³-hybridized carbons (Fsp3) is 0.458. The first-order chi connectivity index (χ1) is 14.9. The summed E-state index contributed by atoms with van der Waals surface area (Å²) in [6.45, 7) is 11.2. The molecule has 7 nitrogen and oxygen atoms in total. The van der Waals surface area contributed by atoms with E-state index in [1.54, 1.807) is 33.8 Å². The zero-order valence-electron chi connectivity index (χ0n) is 19.4. The molecule has 0 radical (unpaired) electrons. The summed E-state index contributed by atoms with van der Waals surface area (Å²) in [4.78, 5) is 27.6. The minimum Gasteiger partial charge on any atom is -0.491 e. The second-order valence-electron chi connectivity index (χ2n) is 9.11. The van der Waals surface area contributed by atoms with Crippen LogP contribution in [0, 0.1) is 18.7 Å². The molecule has 8 heteroatoms. The van der Waals surface area contributed by atoms with Crippen molar-refractivity contribution in [3.05, 3.63) is 47.5 Å². The number of nitrogens with zero attached hydrogens (tertiary/aromatic N) is 1. The minimum atomic E-state index is -1.18. The molecule has 1 amide bonds. The summed E-state index contributed by atoms with van der Waals surface area (Å²) in [7, 11) is 0. The standard InChI is InChI=1S/C24H31FN2O5/c1-14(2)9-16(27-23(30)32-24(4,5)6)13-31-17-7-8-18(20(25)10-17)21-15(3)11-26-12-19(21)22(28)29/h7-8,10-12,14,16H,9,13H2,1-6H3,(H,27,30)(H,28,29). The number of amides is 1. The van der Waals surface area contributed by atoms with Gasteiger partial charge in [-0.2, -0.15) is 0 Å². The molecule has 32 heavy (non-hydrogen) atoms. The monoisotopic (exact) mass is 446 g/mol. The van der Waals surface area contributed by atoms with E-state index < -0.39 is 23.5 Å². The molecular formula is C24H31FN2O5. The maximum Gasteiger partial charge on any atom is 0.407 e. The SMILES string of the molecule is Cc1cncc(C(=O)O)c1-c1ccc(OCC(CC(C)C)NC(=O)OC(C)(C)C)cc1F. The molecule has 174 valence electrons. The number of nitrogens with one attached hydrogen (secondary N) is 1. The lowest BCUT2D eigenvalue weighted by Crippen LogP contribution is -2.42. The van der Waals surface area contributed by atoms with Gasteiger partial charge in [0.05, 0.1) is 11.6 Å². The Bertz CT molecular complexity index is 969. The van der Waals surface area contributed by atoms with Crippen LogP contribution < -0.4 is 10.1 Å². The van der Waals surface area contributed by atoms with Crippen molar-refractivity contribution in [1.82, 2.24) is 10.3 Å². The van der Waals surface area contributed by atoms with Crippen LogP contribution in [-0.4, -0.2) is 40.4 Å². The Morgan fingerprint density at radius 3 is 2.47 bits per heavy atom. The van der Waals surface area contributed by atoms with Crippen LogP contribution in [0.1, 0.15) is 57.0 Å². The summed E-state index contributed by atoms with van der Waals surface area (Å²) in [6, 6.07) is 3.94. The third-order valence-corrected chi connectivity index (χ3v) is 4.50. The number of carbonyl (C=O) groups excluding carboxylic acids is 1. The molecule has 1 aromatic carbocycles. The topological polar surface area (TPSA) is 97.8 Å². The van der Waals surface area contributed by atoms with Crippen LogP contribution in [0.2, 0.25) is 0 Å². The lowest BCUT2D eigenvalue weighted by atomic mass is 9.97. The van der Waals surface area contributed by atoms with E-state index in [-0.39, 0.29) is 35.1 Å². The first kappa shape index (κ1) is 25.1. The number of pyridine rings is 1. The van der Waals surface area contributed by atoms with Crippen LogP contribution in [0.25, 0.3) is 11.1 Å². The van der Waals surface area contributed by atoms with Gasteiger partial charge in [0.25, 0.3) is 0 Å². The van der Waals surface area contributed by atoms with Gasteiger partial charge in [0.15, 0.2) is 0 Å². The zero-order valence-corrected chi connectivity index (χ0v) is 19.4. The number of carbonyl (C=O) groups is 2. The fourth-order valence-electron chi connectivity index (χ4n) is 3.28. The number of carboxylic acids is 1. The summed E-state index contributed by atoms with van der Waals surface area (Å²) in [5.74, 6) is -1.23. The average molecular weight is 447 g/mol. The molecule has 2 rings (SSSR count). The number of carboxylic acid groups (broad SMARTS) is 1. The van der Waals surface area contributed by atoms with E-state index in [0.717, 1.165) is 0 Å². The average Bonchev–Trinajstić information content (AvgIpc) is 2.64. The number of aromatic carboxylic acids is 1. The maximum absolute atomic E-state index is 14.9. The van der Waals surface area contributed by atoms with Crippen LogP contribution in [0.5, 0.6) is 5.75 Å². The van der Waals surface area contributed by atoms with Crippen molar-refractivity contribution in [2.45, 2.75) is 59.6 Å². The van der Waals surface area contributed by atoms with Crippen molar-refractivity contribution < 1.29 is 28.6 Å². The van der Waals surface area contributed by atoms with Crippen molar-refractivity contribution in [2.24, 2.45) is 5.92 Å². The summed E-state index contributed by atoms with van der Waals surface area (Å²) < 4.78 is 26.0. The predicted octanol–water partition coefficient (Wildman–Crippen LogP) is 5.21. The number of benzene rings is 1. The molecule has 1 unspecified atom stereocenters. The van der Waals surface area contributed by atoms with Gasteiger partial charge in [-0.15, -0.1) is 0 Å². The molecule has 0 aliphatic heterocycles. The number of aryl methyl sites for hydroxylation is 1. The Hall–Kier alpha value is -3.16. The van der Waals surface area contributed by atoms with Crippen LogP contribution in [0.4, 0.5) is 9.18 Å². The van der Waals surface area contributed by atoms with Crippen LogP contribution in [0.3, 0.4) is 0 Å². The van der Waals surface area contributed by atoms with Gasteiger partial charge in [-0.3, -0.25) is 4.98 Å². The molecule has 2 aromatic rings. The third-order valence-electron chi connectivity index (χ3n) is 4.50. The second-order valence-corrected chi connectivity index (χ2v) is 9.11. The highest BCUT2D eigenvalue weighted by atomic mass is 19.1. The molecule has 0 bridgehead atoms. The normalized spacial score (nSPS) is 12.4. The summed E-state index contributed by atoms with van der Waals surface area (Å²) in [6.07, 6.45) is 2.80. The number of hydrogen-bond acceptors (Lipinski definition) is 5. The molecule has 1 heterocycles. The molecule has 0 spiro atoms. The number of ether oxygens (including phenoxy) is 2. The zero-order chi connectivity index (χ0) is 24.1. The Labute approximate surface area is 188 Å². The maximum atomic E-state index is 14.9. The van der Waals surface area contributed by atoms with Crippen molar-refractivity contribution >= 4 is 12.1 Å². The first-order valence-electron chi connectivity index (χ1n) is 10.5. The first-order valence-corrected chi connectivity index (χ1v) is 10.5. The van der Waals surface area contributed by atoms with Gasteiger partial charge < -0.3 is 19.9 Å². The van der Waals surface area contributed by atoms with E-state index >= 15 is 0 Å². The Morgan fingerprint density at radius 1 is 1.22 bits per heavy atom. The largest absolute Gasteiger partial charge is 0.491 e. The number of hydrogen-bond donors (Lipinski definition) is 2. The van der Waals surface area contributed by atoms with Gasteiger partial charge in [0.2, 0.25) is 0 Å². The molecule has 2 N–H and O–H groups in total. The van der Waals surface area contributed by atoms with E-state index in [1.165, 1.54) is 24.5 Å². The molecule has 0 saturated carbocycles. The van der Waals surface area contributed by atoms with Crippen molar-refractivity contribution in [2.75, 3.05) is 6.61 Å². The predicted molar refractivity (Wildman–Crippen MR) is 119 cm³/mol. The quantitative estimate of drug-likeness (QED) is 0.577. The Kier molecular flexibility index (Phi) is 8.19. The Morgan fingerprint density at radius 2 is 1.91 bits per heavy atom. The molecular weight excluding hydrogens is 415 g/mol. The molecule has 0 aliphatic carbocycles. The molecule has 0 aliphatic rings. The summed E-state index contributed by atoms with van der Waals surface area (Å²) in [5, 5.41) is 12.2. The smallest absolute Gasteiger partial charge is 0.407 e. The van der Waals surface area contributed by atoms with Gasteiger partial charge >= 0.3 is 12.1 Å². The number of alkyl carbamates (subject to hydrolysis) is 1. The van der Waals surface area contributed by atoms with E-state index in [0.29, 0.717) is 17.9 Å². The van der Waals surface area contributed by atoms with E-state index in [9.17, 15) is 19.1 Å². The van der Waals surface area contributed by atoms with Crippen LogP contribution in [0.15, 0.2) is 30.6 Å². The molecule has 1 atom stereocenters. The van der Waals surface area contributed by atoms with E-state index in [1.807, 2.05) is 13.8 Å². The molecule has 0 fully saturated rings. The number of halogens is 1. The van der Waals surface area contributed by atoms with Gasteiger partial charge in [-0.25, -0.2) is 14.0 Å². The lowest BCUT2D eigenvalue weighted by molar-refractivity contribution is 0.0479. The highest BCUT2D eigenvalue weighted by Crippen LogP contribution is 2.31. The van der Waals surface area contributed by atoms with Crippen molar-refractivity contribution in [3.8, 4) is 16.9 Å². The van der Waals surface area contributed by atoms with Crippen LogP contribution in [-0.2, 0) is 4.74 Å². The van der Waals surface area contributed by atoms with Gasteiger partial charge in [-0.05, 0) is 57.7 Å². The molecule has 0 saturated heterocycles. The van der Waals surface area contributed by atoms with E-state index in [4.69, 9.17) is 9.47 Å². The summed E-state index contributed by atoms with van der Waals surface area (Å²) >= 11 is 0. The fourth-order valence-corrected chi connectivity index (χ4v) is 3.28. The van der Waals surface area contributed by atoms with Gasteiger partial charge in [-0.1, -0.05) is 13.8 Å². The third kappa shape index (κ3) is 7.21.